The lowest BCUT2D eigenvalue weighted by molar-refractivity contribution is -0.00160. The number of benzene rings is 1. The molecule has 4 rings (SSSR count). The van der Waals surface area contributed by atoms with Gasteiger partial charge < -0.3 is 23.7 Å². The minimum absolute atomic E-state index is 0.0330. The fourth-order valence-corrected chi connectivity index (χ4v) is 4.34. The van der Waals surface area contributed by atoms with Gasteiger partial charge in [0.1, 0.15) is 5.15 Å². The lowest BCUT2D eigenvalue weighted by Gasteiger charge is -2.36. The van der Waals surface area contributed by atoms with Crippen molar-refractivity contribution in [2.75, 3.05) is 39.3 Å². The summed E-state index contributed by atoms with van der Waals surface area (Å²) in [7, 11) is 4.50. The molecule has 3 heterocycles. The zero-order chi connectivity index (χ0) is 24.4. The number of amides is 2. The van der Waals surface area contributed by atoms with Gasteiger partial charge in [-0.05, 0) is 36.2 Å². The number of fused-ring (bicyclic) bond motifs is 1. The lowest BCUT2D eigenvalue weighted by Crippen LogP contribution is -2.49. The van der Waals surface area contributed by atoms with Gasteiger partial charge in [-0.2, -0.15) is 4.98 Å². The van der Waals surface area contributed by atoms with E-state index in [4.69, 9.17) is 21.1 Å². The fraction of sp³-hybridized carbons (Fsp3) is 0.348. The highest BCUT2D eigenvalue weighted by Crippen LogP contribution is 2.29. The minimum Gasteiger partial charge on any atom is -0.479 e. The Labute approximate surface area is 200 Å². The van der Waals surface area contributed by atoms with Gasteiger partial charge in [-0.15, -0.1) is 0 Å². The van der Waals surface area contributed by atoms with E-state index in [-0.39, 0.29) is 22.6 Å². The van der Waals surface area contributed by atoms with Crippen LogP contribution in [0.1, 0.15) is 15.9 Å². The Hall–Kier alpha value is -3.37. The van der Waals surface area contributed by atoms with E-state index in [1.54, 1.807) is 11.0 Å². The van der Waals surface area contributed by atoms with Crippen LogP contribution < -0.4 is 10.1 Å². The van der Waals surface area contributed by atoms with Crippen LogP contribution >= 0.6 is 11.6 Å². The summed E-state index contributed by atoms with van der Waals surface area (Å²) in [5.41, 5.74) is 2.48. The van der Waals surface area contributed by atoms with Crippen LogP contribution in [0.5, 0.6) is 5.88 Å². The third-order valence-electron chi connectivity index (χ3n) is 5.77. The molecule has 0 radical (unpaired) electrons. The molecule has 2 amide bonds. The number of nitrogens with one attached hydrogen (secondary N) is 1. The lowest BCUT2D eigenvalue weighted by atomic mass is 10.0. The summed E-state index contributed by atoms with van der Waals surface area (Å²) in [6.07, 6.45) is 1.89. The number of ether oxygens (including phenoxy) is 3. The molecule has 2 aromatic heterocycles. The molecule has 3 aromatic rings. The Kier molecular flexibility index (Phi) is 6.90. The van der Waals surface area contributed by atoms with Crippen LogP contribution in [-0.4, -0.2) is 66.5 Å². The van der Waals surface area contributed by atoms with Gasteiger partial charge in [-0.3, -0.25) is 10.1 Å². The first-order chi connectivity index (χ1) is 16.3. The Morgan fingerprint density at radius 1 is 1.32 bits per heavy atom. The molecule has 0 aliphatic carbocycles. The second-order valence-electron chi connectivity index (χ2n) is 7.86. The normalized spacial score (nSPS) is 15.9. The van der Waals surface area contributed by atoms with Crippen LogP contribution in [0.3, 0.4) is 0 Å². The first-order valence-electron chi connectivity index (χ1n) is 10.5. The number of halogens is 2. The van der Waals surface area contributed by atoms with Gasteiger partial charge in [0.2, 0.25) is 0 Å². The first kappa shape index (κ1) is 23.8. The second kappa shape index (κ2) is 9.86. The molecule has 1 aromatic carbocycles. The molecular weight excluding hydrogens is 467 g/mol. The molecular formula is C23H24ClFN4O5. The number of morpholine rings is 1. The zero-order valence-corrected chi connectivity index (χ0v) is 19.7. The number of aromatic nitrogens is 2. The van der Waals surface area contributed by atoms with Crippen molar-refractivity contribution in [3.63, 3.8) is 0 Å². The summed E-state index contributed by atoms with van der Waals surface area (Å²) in [5, 5.41) is 3.46. The maximum atomic E-state index is 14.2. The molecule has 0 unspecified atom stereocenters. The predicted octanol–water partition coefficient (Wildman–Crippen LogP) is 3.64. The van der Waals surface area contributed by atoms with Crippen LogP contribution in [-0.2, 0) is 22.9 Å². The molecule has 1 saturated heterocycles. The topological polar surface area (TPSA) is 94.9 Å². The van der Waals surface area contributed by atoms with E-state index in [1.165, 1.54) is 14.2 Å². The number of nitrogens with zero attached hydrogens (tertiary/aromatic N) is 3. The summed E-state index contributed by atoms with van der Waals surface area (Å²) in [5.74, 6) is -1.47. The van der Waals surface area contributed by atoms with Crippen molar-refractivity contribution >= 4 is 40.2 Å². The maximum absolute atomic E-state index is 14.2. The molecule has 9 nitrogen and oxygen atoms in total. The van der Waals surface area contributed by atoms with Gasteiger partial charge in [0, 0.05) is 36.4 Å². The maximum Gasteiger partial charge on any atom is 0.411 e. The molecule has 0 spiro atoms. The molecule has 11 heteroatoms. The predicted molar refractivity (Wildman–Crippen MR) is 124 cm³/mol. The Morgan fingerprint density at radius 3 is 2.85 bits per heavy atom. The van der Waals surface area contributed by atoms with Gasteiger partial charge in [-0.1, -0.05) is 11.6 Å². The third kappa shape index (κ3) is 4.64. The van der Waals surface area contributed by atoms with Gasteiger partial charge in [0.05, 0.1) is 39.0 Å². The standard InChI is InChI=1S/C23H24ClFN4O5/c1-28-11-13(16-9-14(4-5-19(16)28)26-23(31)33-3)8-15-12-34-7-6-29(15)22(30)17-10-18(25)21(32-2)27-20(17)24/h4-5,9-11,15H,6-8,12H2,1-3H3,(H,26,31)/t15-/m0/s1. The van der Waals surface area contributed by atoms with Crippen molar-refractivity contribution in [2.24, 2.45) is 7.05 Å². The number of anilines is 1. The van der Waals surface area contributed by atoms with Crippen molar-refractivity contribution in [1.29, 1.82) is 0 Å². The van der Waals surface area contributed by atoms with Gasteiger partial charge in [-0.25, -0.2) is 9.18 Å². The number of pyridine rings is 1. The number of carbonyl (C=O) groups is 2. The molecule has 1 atom stereocenters. The number of hydrogen-bond acceptors (Lipinski definition) is 6. The van der Waals surface area contributed by atoms with E-state index < -0.39 is 17.8 Å². The van der Waals surface area contributed by atoms with Crippen LogP contribution in [0.15, 0.2) is 30.5 Å². The minimum atomic E-state index is -0.764. The van der Waals surface area contributed by atoms with E-state index in [2.05, 4.69) is 15.0 Å². The summed E-state index contributed by atoms with van der Waals surface area (Å²) in [6, 6.07) is 6.28. The van der Waals surface area contributed by atoms with Crippen molar-refractivity contribution < 1.29 is 28.2 Å². The highest BCUT2D eigenvalue weighted by molar-refractivity contribution is 6.32. The second-order valence-corrected chi connectivity index (χ2v) is 8.22. The SMILES string of the molecule is COC(=O)Nc1ccc2c(c1)c(C[C@H]1COCCN1C(=O)c1cc(F)c(OC)nc1Cl)cn2C. The number of hydrogen-bond donors (Lipinski definition) is 1. The number of methoxy groups -OCH3 is 2. The van der Waals surface area contributed by atoms with Crippen LogP contribution in [0.25, 0.3) is 10.9 Å². The van der Waals surface area contributed by atoms with Crippen LogP contribution in [0, 0.1) is 5.82 Å². The average Bonchev–Trinajstić information content (AvgIpc) is 3.14. The van der Waals surface area contributed by atoms with E-state index >= 15 is 0 Å². The number of carbonyl (C=O) groups excluding carboxylic acids is 2. The van der Waals surface area contributed by atoms with Crippen molar-refractivity contribution in [3.8, 4) is 5.88 Å². The largest absolute Gasteiger partial charge is 0.479 e. The van der Waals surface area contributed by atoms with Gasteiger partial charge >= 0.3 is 6.09 Å². The summed E-state index contributed by atoms with van der Waals surface area (Å²) >= 11 is 6.17. The fourth-order valence-electron chi connectivity index (χ4n) is 4.13. The summed E-state index contributed by atoms with van der Waals surface area (Å²) in [6.45, 7) is 0.994. The molecule has 34 heavy (non-hydrogen) atoms. The number of rotatable bonds is 5. The van der Waals surface area contributed by atoms with Crippen molar-refractivity contribution in [1.82, 2.24) is 14.5 Å². The van der Waals surface area contributed by atoms with Crippen LogP contribution in [0.4, 0.5) is 14.9 Å². The van der Waals surface area contributed by atoms with Crippen molar-refractivity contribution in [3.05, 3.63) is 52.6 Å². The quantitative estimate of drug-likeness (QED) is 0.549. The highest BCUT2D eigenvalue weighted by atomic mass is 35.5. The Bertz CT molecular complexity index is 1250. The molecule has 180 valence electrons. The van der Waals surface area contributed by atoms with Gasteiger partial charge in [0.15, 0.2) is 5.82 Å². The zero-order valence-electron chi connectivity index (χ0n) is 18.9. The summed E-state index contributed by atoms with van der Waals surface area (Å²) in [4.78, 5) is 30.4. The molecule has 1 aliphatic rings. The molecule has 1 N–H and O–H groups in total. The van der Waals surface area contributed by atoms with E-state index in [0.29, 0.717) is 31.9 Å². The molecule has 1 aliphatic heterocycles. The smallest absolute Gasteiger partial charge is 0.411 e. The van der Waals surface area contributed by atoms with Crippen LogP contribution in [0.2, 0.25) is 5.15 Å². The van der Waals surface area contributed by atoms with Gasteiger partial charge in [0.25, 0.3) is 11.8 Å². The molecule has 1 fully saturated rings. The molecule has 0 saturated carbocycles. The number of aryl methyl sites for hydroxylation is 1. The Balaban J connectivity index is 1.63. The Morgan fingerprint density at radius 2 is 2.12 bits per heavy atom. The monoisotopic (exact) mass is 490 g/mol. The average molecular weight is 491 g/mol. The summed E-state index contributed by atoms with van der Waals surface area (Å²) < 4.78 is 31.4. The van der Waals surface area contributed by atoms with E-state index in [9.17, 15) is 14.0 Å². The van der Waals surface area contributed by atoms with Crippen molar-refractivity contribution in [2.45, 2.75) is 12.5 Å². The third-order valence-corrected chi connectivity index (χ3v) is 6.06. The molecule has 0 bridgehead atoms. The highest BCUT2D eigenvalue weighted by Gasteiger charge is 2.31. The first-order valence-corrected chi connectivity index (χ1v) is 10.9. The van der Waals surface area contributed by atoms with E-state index in [0.717, 1.165) is 22.5 Å². The van der Waals surface area contributed by atoms with E-state index in [1.807, 2.05) is 29.9 Å².